The summed E-state index contributed by atoms with van der Waals surface area (Å²) in [7, 11) is 0. The minimum Gasteiger partial charge on any atom is -0.326 e. The van der Waals surface area contributed by atoms with Crippen LogP contribution in [0.15, 0.2) is 0 Å². The van der Waals surface area contributed by atoms with Crippen LogP contribution in [0.4, 0.5) is 0 Å². The van der Waals surface area contributed by atoms with E-state index in [2.05, 4.69) is 31.0 Å². The van der Waals surface area contributed by atoms with Crippen molar-refractivity contribution in [3.05, 3.63) is 0 Å². The molecule has 3 heteroatoms. The van der Waals surface area contributed by atoms with Crippen molar-refractivity contribution in [2.75, 3.05) is 6.54 Å². The highest BCUT2D eigenvalue weighted by atomic mass is 16.2. The number of amides is 1. The molecule has 2 saturated carbocycles. The molecular weight excluding hydrogens is 236 g/mol. The van der Waals surface area contributed by atoms with Crippen LogP contribution in [-0.4, -0.2) is 29.6 Å². The molecule has 0 aromatic rings. The molecule has 108 valence electrons. The van der Waals surface area contributed by atoms with Gasteiger partial charge in [-0.2, -0.15) is 0 Å². The second-order valence-corrected chi connectivity index (χ2v) is 7.45. The van der Waals surface area contributed by atoms with E-state index in [0.29, 0.717) is 11.8 Å². The van der Waals surface area contributed by atoms with Gasteiger partial charge in [0.05, 0.1) is 12.2 Å². The quantitative estimate of drug-likeness (QED) is 0.846. The number of nitrogens with zero attached hydrogens (tertiary/aromatic N) is 1. The van der Waals surface area contributed by atoms with Gasteiger partial charge in [-0.15, -0.1) is 0 Å². The summed E-state index contributed by atoms with van der Waals surface area (Å²) in [6, 6.07) is 0.0635. The molecule has 2 aliphatic carbocycles. The second-order valence-electron chi connectivity index (χ2n) is 7.45. The molecule has 1 amide bonds. The molecule has 2 bridgehead atoms. The van der Waals surface area contributed by atoms with Gasteiger partial charge >= 0.3 is 0 Å². The molecule has 1 aliphatic heterocycles. The summed E-state index contributed by atoms with van der Waals surface area (Å²) in [5.74, 6) is 3.60. The van der Waals surface area contributed by atoms with Crippen LogP contribution >= 0.6 is 0 Å². The molecule has 0 spiro atoms. The maximum Gasteiger partial charge on any atom is 0.241 e. The summed E-state index contributed by atoms with van der Waals surface area (Å²) < 4.78 is 0. The molecule has 1 N–H and O–H groups in total. The number of carbonyl (C=O) groups excluding carboxylic acids is 1. The zero-order valence-corrected chi connectivity index (χ0v) is 12.6. The van der Waals surface area contributed by atoms with Crippen LogP contribution < -0.4 is 5.32 Å². The fourth-order valence-corrected chi connectivity index (χ4v) is 4.58. The van der Waals surface area contributed by atoms with Crippen LogP contribution in [0.3, 0.4) is 0 Å². The van der Waals surface area contributed by atoms with E-state index >= 15 is 0 Å². The van der Waals surface area contributed by atoms with E-state index in [1.165, 1.54) is 25.7 Å². The highest BCUT2D eigenvalue weighted by Crippen LogP contribution is 2.48. The molecule has 3 aliphatic rings. The molecule has 1 saturated heterocycles. The molecule has 3 rings (SSSR count). The standard InChI is InChI=1S/C16H28N2O/c1-10(2)6-15-16(19)18(11(3)17-15)9-14-8-12-4-5-13(14)7-12/h10-15,17H,4-9H2,1-3H3. The van der Waals surface area contributed by atoms with Gasteiger partial charge in [0.25, 0.3) is 0 Å². The summed E-state index contributed by atoms with van der Waals surface area (Å²) in [6.45, 7) is 7.53. The second kappa shape index (κ2) is 5.08. The molecule has 5 atom stereocenters. The third-order valence-electron chi connectivity index (χ3n) is 5.51. The van der Waals surface area contributed by atoms with Gasteiger partial charge in [0.1, 0.15) is 0 Å². The predicted molar refractivity (Wildman–Crippen MR) is 76.5 cm³/mol. The lowest BCUT2D eigenvalue weighted by molar-refractivity contribution is -0.131. The third kappa shape index (κ3) is 2.54. The molecule has 0 aromatic carbocycles. The molecule has 0 aromatic heterocycles. The molecule has 0 radical (unpaired) electrons. The van der Waals surface area contributed by atoms with E-state index in [9.17, 15) is 4.79 Å². The van der Waals surface area contributed by atoms with Gasteiger partial charge in [0.15, 0.2) is 0 Å². The summed E-state index contributed by atoms with van der Waals surface area (Å²) in [4.78, 5) is 14.6. The number of nitrogens with one attached hydrogen (secondary N) is 1. The number of hydrogen-bond acceptors (Lipinski definition) is 2. The van der Waals surface area contributed by atoms with Crippen molar-refractivity contribution in [3.8, 4) is 0 Å². The molecule has 1 heterocycles. The zero-order chi connectivity index (χ0) is 13.6. The molecule has 3 nitrogen and oxygen atoms in total. The van der Waals surface area contributed by atoms with E-state index in [-0.39, 0.29) is 12.2 Å². The van der Waals surface area contributed by atoms with Crippen molar-refractivity contribution in [2.24, 2.45) is 23.7 Å². The van der Waals surface area contributed by atoms with Gasteiger partial charge in [-0.1, -0.05) is 20.3 Å². The summed E-state index contributed by atoms with van der Waals surface area (Å²) in [6.07, 6.45) is 6.86. The fourth-order valence-electron chi connectivity index (χ4n) is 4.58. The lowest BCUT2D eigenvalue weighted by Gasteiger charge is -2.29. The van der Waals surface area contributed by atoms with Crippen LogP contribution in [0.5, 0.6) is 0 Å². The Balaban J connectivity index is 1.60. The first-order valence-electron chi connectivity index (χ1n) is 8.11. The molecule has 19 heavy (non-hydrogen) atoms. The van der Waals surface area contributed by atoms with E-state index in [4.69, 9.17) is 0 Å². The third-order valence-corrected chi connectivity index (χ3v) is 5.51. The SMILES string of the molecule is CC(C)CC1NC(C)N(CC2CC3CCC2C3)C1=O. The fraction of sp³-hybridized carbons (Fsp3) is 0.938. The van der Waals surface area contributed by atoms with Crippen LogP contribution in [0, 0.1) is 23.7 Å². The lowest BCUT2D eigenvalue weighted by Crippen LogP contribution is -2.39. The lowest BCUT2D eigenvalue weighted by atomic mass is 9.88. The Kier molecular flexibility index (Phi) is 3.59. The van der Waals surface area contributed by atoms with Crippen LogP contribution in [0.1, 0.15) is 52.9 Å². The maximum atomic E-state index is 12.5. The Bertz CT molecular complexity index is 355. The van der Waals surface area contributed by atoms with Gasteiger partial charge in [-0.25, -0.2) is 0 Å². The molecular formula is C16H28N2O. The van der Waals surface area contributed by atoms with Crippen molar-refractivity contribution in [1.29, 1.82) is 0 Å². The highest BCUT2D eigenvalue weighted by Gasteiger charge is 2.43. The summed E-state index contributed by atoms with van der Waals surface area (Å²) in [5.41, 5.74) is 0. The van der Waals surface area contributed by atoms with E-state index in [1.807, 2.05) is 0 Å². The first-order chi connectivity index (χ1) is 9.04. The number of rotatable bonds is 4. The maximum absolute atomic E-state index is 12.5. The van der Waals surface area contributed by atoms with Gasteiger partial charge in [-0.3, -0.25) is 10.1 Å². The Morgan fingerprint density at radius 1 is 1.32 bits per heavy atom. The zero-order valence-electron chi connectivity index (χ0n) is 12.6. The first kappa shape index (κ1) is 13.4. The average Bonchev–Trinajstić information content (AvgIpc) is 3.00. The van der Waals surface area contributed by atoms with Crippen molar-refractivity contribution in [3.63, 3.8) is 0 Å². The number of carbonyl (C=O) groups is 1. The number of fused-ring (bicyclic) bond motifs is 2. The van der Waals surface area contributed by atoms with Gasteiger partial charge < -0.3 is 4.90 Å². The Morgan fingerprint density at radius 3 is 2.68 bits per heavy atom. The largest absolute Gasteiger partial charge is 0.326 e. The summed E-state index contributed by atoms with van der Waals surface area (Å²) >= 11 is 0. The van der Waals surface area contributed by atoms with E-state index < -0.39 is 0 Å². The van der Waals surface area contributed by atoms with E-state index in [0.717, 1.165) is 30.7 Å². The molecule has 5 unspecified atom stereocenters. The van der Waals surface area contributed by atoms with Crippen molar-refractivity contribution >= 4 is 5.91 Å². The van der Waals surface area contributed by atoms with Crippen molar-refractivity contribution in [2.45, 2.75) is 65.1 Å². The average molecular weight is 264 g/mol. The molecule has 3 fully saturated rings. The Morgan fingerprint density at radius 2 is 2.11 bits per heavy atom. The summed E-state index contributed by atoms with van der Waals surface area (Å²) in [5, 5.41) is 3.48. The number of hydrogen-bond donors (Lipinski definition) is 1. The monoisotopic (exact) mass is 264 g/mol. The Hall–Kier alpha value is -0.570. The van der Waals surface area contributed by atoms with Crippen LogP contribution in [0.25, 0.3) is 0 Å². The minimum absolute atomic E-state index is 0.0635. The van der Waals surface area contributed by atoms with Crippen molar-refractivity contribution < 1.29 is 4.79 Å². The highest BCUT2D eigenvalue weighted by molar-refractivity contribution is 5.84. The first-order valence-corrected chi connectivity index (χ1v) is 8.11. The van der Waals surface area contributed by atoms with Crippen LogP contribution in [-0.2, 0) is 4.79 Å². The van der Waals surface area contributed by atoms with Crippen LogP contribution in [0.2, 0.25) is 0 Å². The van der Waals surface area contributed by atoms with Gasteiger partial charge in [0.2, 0.25) is 5.91 Å². The minimum atomic E-state index is 0.0635. The van der Waals surface area contributed by atoms with Gasteiger partial charge in [-0.05, 0) is 56.3 Å². The predicted octanol–water partition coefficient (Wildman–Crippen LogP) is 2.62. The van der Waals surface area contributed by atoms with E-state index in [1.54, 1.807) is 0 Å². The smallest absolute Gasteiger partial charge is 0.241 e. The van der Waals surface area contributed by atoms with Crippen molar-refractivity contribution in [1.82, 2.24) is 10.2 Å². The topological polar surface area (TPSA) is 32.3 Å². The Labute approximate surface area is 117 Å². The normalized spacial score (nSPS) is 41.8. The van der Waals surface area contributed by atoms with Gasteiger partial charge in [0, 0.05) is 6.54 Å².